The van der Waals surface area contributed by atoms with Crippen molar-refractivity contribution in [2.24, 2.45) is 0 Å². The van der Waals surface area contributed by atoms with Gasteiger partial charge in [0.2, 0.25) is 0 Å². The number of nitrogen functional groups attached to an aromatic ring is 1. The van der Waals surface area contributed by atoms with Crippen LogP contribution in [-0.4, -0.2) is 13.4 Å². The lowest BCUT2D eigenvalue weighted by atomic mass is 10.2. The maximum atomic E-state index is 12.2. The van der Waals surface area contributed by atoms with Gasteiger partial charge in [-0.3, -0.25) is 4.72 Å². The number of benzene rings is 1. The third-order valence-corrected chi connectivity index (χ3v) is 5.25. The van der Waals surface area contributed by atoms with Crippen LogP contribution in [-0.2, 0) is 10.0 Å². The summed E-state index contributed by atoms with van der Waals surface area (Å²) >= 11 is 7.14. The van der Waals surface area contributed by atoms with Gasteiger partial charge in [0.15, 0.2) is 5.13 Å². The number of nitrogens with zero attached hydrogens (tertiary/aromatic N) is 1. The van der Waals surface area contributed by atoms with E-state index >= 15 is 0 Å². The van der Waals surface area contributed by atoms with Crippen LogP contribution in [0, 0.1) is 13.8 Å². The Morgan fingerprint density at radius 2 is 2.05 bits per heavy atom. The highest BCUT2D eigenvalue weighted by Crippen LogP contribution is 2.28. The third kappa shape index (κ3) is 2.99. The van der Waals surface area contributed by atoms with Crippen molar-refractivity contribution < 1.29 is 8.42 Å². The lowest BCUT2D eigenvalue weighted by Crippen LogP contribution is -2.13. The number of halogens is 1. The summed E-state index contributed by atoms with van der Waals surface area (Å²) in [6, 6.07) is 2.81. The lowest BCUT2D eigenvalue weighted by molar-refractivity contribution is 0.601. The van der Waals surface area contributed by atoms with Crippen molar-refractivity contribution in [3.63, 3.8) is 0 Å². The van der Waals surface area contributed by atoms with Crippen LogP contribution in [0.1, 0.15) is 11.3 Å². The molecule has 0 amide bonds. The van der Waals surface area contributed by atoms with Gasteiger partial charge in [-0.25, -0.2) is 13.4 Å². The molecular weight excluding hydrogens is 306 g/mol. The van der Waals surface area contributed by atoms with E-state index in [1.165, 1.54) is 23.5 Å². The summed E-state index contributed by atoms with van der Waals surface area (Å²) < 4.78 is 26.8. The molecular formula is C11H12ClN3O2S2. The number of aryl methyl sites for hydroxylation is 2. The highest BCUT2D eigenvalue weighted by Gasteiger charge is 2.18. The standard InChI is InChI=1S/C11H12ClN3O2S2/c1-6-3-8(4-9(13)10(6)12)19(16,17)15-11-14-7(2)5-18-11/h3-5H,13H2,1-2H3,(H,14,15). The van der Waals surface area contributed by atoms with Gasteiger partial charge in [-0.05, 0) is 31.5 Å². The number of sulfonamides is 1. The Kier molecular flexibility index (Phi) is 3.71. The highest BCUT2D eigenvalue weighted by atomic mass is 35.5. The van der Waals surface area contributed by atoms with Gasteiger partial charge in [-0.15, -0.1) is 11.3 Å². The van der Waals surface area contributed by atoms with Gasteiger partial charge in [-0.1, -0.05) is 11.6 Å². The number of thiazole rings is 1. The molecule has 2 rings (SSSR count). The SMILES string of the molecule is Cc1csc(NS(=O)(=O)c2cc(C)c(Cl)c(N)c2)n1. The van der Waals surface area contributed by atoms with Crippen LogP contribution < -0.4 is 10.5 Å². The first-order chi connectivity index (χ1) is 8.79. The Bertz CT molecular complexity index is 702. The van der Waals surface area contributed by atoms with Gasteiger partial charge >= 0.3 is 0 Å². The Balaban J connectivity index is 2.40. The fraction of sp³-hybridized carbons (Fsp3) is 0.182. The zero-order valence-corrected chi connectivity index (χ0v) is 12.7. The average molecular weight is 318 g/mol. The van der Waals surface area contributed by atoms with E-state index in [4.69, 9.17) is 17.3 Å². The summed E-state index contributed by atoms with van der Waals surface area (Å²) in [7, 11) is -3.70. The molecule has 19 heavy (non-hydrogen) atoms. The van der Waals surface area contributed by atoms with Crippen molar-refractivity contribution in [1.29, 1.82) is 0 Å². The number of hydrogen-bond donors (Lipinski definition) is 2. The maximum absolute atomic E-state index is 12.2. The summed E-state index contributed by atoms with van der Waals surface area (Å²) in [5, 5.41) is 2.45. The van der Waals surface area contributed by atoms with Crippen LogP contribution in [0.25, 0.3) is 0 Å². The van der Waals surface area contributed by atoms with Gasteiger partial charge in [0, 0.05) is 5.38 Å². The van der Waals surface area contributed by atoms with Crippen LogP contribution in [0.3, 0.4) is 0 Å². The fourth-order valence-electron chi connectivity index (χ4n) is 1.49. The van der Waals surface area contributed by atoms with Crippen LogP contribution >= 0.6 is 22.9 Å². The molecule has 8 heteroatoms. The largest absolute Gasteiger partial charge is 0.397 e. The van der Waals surface area contributed by atoms with E-state index < -0.39 is 10.0 Å². The summed E-state index contributed by atoms with van der Waals surface area (Å²) in [5.41, 5.74) is 7.28. The van der Waals surface area contributed by atoms with Crippen LogP contribution in [0.4, 0.5) is 10.8 Å². The van der Waals surface area contributed by atoms with Gasteiger partial charge in [0.1, 0.15) is 0 Å². The second kappa shape index (κ2) is 4.99. The van der Waals surface area contributed by atoms with Crippen molar-refractivity contribution in [2.75, 3.05) is 10.5 Å². The molecule has 1 aromatic heterocycles. The Morgan fingerprint density at radius 3 is 2.58 bits per heavy atom. The molecule has 0 atom stereocenters. The van der Waals surface area contributed by atoms with E-state index in [2.05, 4.69) is 9.71 Å². The number of hydrogen-bond acceptors (Lipinski definition) is 5. The Hall–Kier alpha value is -1.31. The molecule has 0 spiro atoms. The lowest BCUT2D eigenvalue weighted by Gasteiger charge is -2.09. The van der Waals surface area contributed by atoms with Gasteiger partial charge in [0.25, 0.3) is 10.0 Å². The van der Waals surface area contributed by atoms with Gasteiger partial charge in [0.05, 0.1) is 21.3 Å². The molecule has 1 heterocycles. The monoisotopic (exact) mass is 317 g/mol. The van der Waals surface area contributed by atoms with Crippen LogP contribution in [0.5, 0.6) is 0 Å². The molecule has 0 aliphatic carbocycles. The molecule has 0 aliphatic rings. The van der Waals surface area contributed by atoms with E-state index in [9.17, 15) is 8.42 Å². The molecule has 1 aromatic carbocycles. The zero-order chi connectivity index (χ0) is 14.2. The molecule has 0 fully saturated rings. The number of anilines is 2. The first-order valence-electron chi connectivity index (χ1n) is 5.30. The summed E-state index contributed by atoms with van der Waals surface area (Å²) in [4.78, 5) is 4.12. The molecule has 2 aromatic rings. The molecule has 0 saturated heterocycles. The summed E-state index contributed by atoms with van der Waals surface area (Å²) in [5.74, 6) is 0. The van der Waals surface area contributed by atoms with Crippen molar-refractivity contribution >= 4 is 43.8 Å². The number of nitrogens with two attached hydrogens (primary N) is 1. The minimum absolute atomic E-state index is 0.0692. The average Bonchev–Trinajstić information content (AvgIpc) is 2.70. The van der Waals surface area contributed by atoms with Crippen molar-refractivity contribution in [3.8, 4) is 0 Å². The molecule has 0 bridgehead atoms. The Morgan fingerprint density at radius 1 is 1.37 bits per heavy atom. The normalized spacial score (nSPS) is 11.5. The quantitative estimate of drug-likeness (QED) is 0.852. The van der Waals surface area contributed by atoms with Gasteiger partial charge in [-0.2, -0.15) is 0 Å². The topological polar surface area (TPSA) is 85.1 Å². The summed E-state index contributed by atoms with van der Waals surface area (Å²) in [6.07, 6.45) is 0. The molecule has 0 unspecified atom stereocenters. The third-order valence-electron chi connectivity index (χ3n) is 2.41. The first-order valence-corrected chi connectivity index (χ1v) is 8.04. The van der Waals surface area contributed by atoms with Crippen molar-refractivity contribution in [2.45, 2.75) is 18.7 Å². The Labute approximate surface area is 120 Å². The van der Waals surface area contributed by atoms with E-state index in [0.29, 0.717) is 15.7 Å². The number of nitrogens with one attached hydrogen (secondary N) is 1. The molecule has 0 aliphatic heterocycles. The number of rotatable bonds is 3. The molecule has 5 nitrogen and oxygen atoms in total. The van der Waals surface area contributed by atoms with Gasteiger partial charge < -0.3 is 5.73 Å². The van der Waals surface area contributed by atoms with E-state index in [1.54, 1.807) is 19.2 Å². The van der Waals surface area contributed by atoms with E-state index in [1.807, 2.05) is 0 Å². The second-order valence-electron chi connectivity index (χ2n) is 4.04. The van der Waals surface area contributed by atoms with E-state index in [-0.39, 0.29) is 10.6 Å². The smallest absolute Gasteiger partial charge is 0.263 e. The predicted molar refractivity (Wildman–Crippen MR) is 78.3 cm³/mol. The first kappa shape index (κ1) is 14.1. The van der Waals surface area contributed by atoms with Crippen molar-refractivity contribution in [1.82, 2.24) is 4.98 Å². The van der Waals surface area contributed by atoms with Crippen LogP contribution in [0.2, 0.25) is 5.02 Å². The maximum Gasteiger partial charge on any atom is 0.263 e. The molecule has 3 N–H and O–H groups in total. The molecule has 0 saturated carbocycles. The summed E-state index contributed by atoms with van der Waals surface area (Å²) in [6.45, 7) is 3.49. The predicted octanol–water partition coefficient (Wildman–Crippen LogP) is 2.80. The van der Waals surface area contributed by atoms with E-state index in [0.717, 1.165) is 5.69 Å². The minimum atomic E-state index is -3.70. The molecule has 0 radical (unpaired) electrons. The minimum Gasteiger partial charge on any atom is -0.397 e. The second-order valence-corrected chi connectivity index (χ2v) is 6.96. The zero-order valence-electron chi connectivity index (χ0n) is 10.3. The highest BCUT2D eigenvalue weighted by molar-refractivity contribution is 7.93. The number of aromatic nitrogens is 1. The van der Waals surface area contributed by atoms with Crippen molar-refractivity contribution in [3.05, 3.63) is 33.8 Å². The molecule has 102 valence electrons. The van der Waals surface area contributed by atoms with Crippen LogP contribution in [0.15, 0.2) is 22.4 Å². The fourth-order valence-corrected chi connectivity index (χ4v) is 3.66.